The van der Waals surface area contributed by atoms with Crippen LogP contribution in [0, 0.1) is 12.7 Å². The van der Waals surface area contributed by atoms with Crippen LogP contribution in [0.4, 0.5) is 14.5 Å². The Labute approximate surface area is 201 Å². The van der Waals surface area contributed by atoms with E-state index >= 15 is 0 Å². The molecule has 0 saturated carbocycles. The summed E-state index contributed by atoms with van der Waals surface area (Å²) in [6, 6.07) is 3.85. The Morgan fingerprint density at radius 3 is 2.86 bits per heavy atom. The third kappa shape index (κ3) is 4.24. The maximum Gasteiger partial charge on any atom is 0.252 e. The van der Waals surface area contributed by atoms with E-state index in [0.717, 1.165) is 11.4 Å². The number of hydrogen-bond donors (Lipinski definition) is 0. The number of carbonyl (C=O) groups excluding carboxylic acids is 1. The summed E-state index contributed by atoms with van der Waals surface area (Å²) < 4.78 is 36.9. The number of aryl methyl sites for hydroxylation is 1. The number of amides is 1. The van der Waals surface area contributed by atoms with Crippen LogP contribution >= 0.6 is 0 Å². The van der Waals surface area contributed by atoms with Crippen LogP contribution in [0.3, 0.4) is 0 Å². The molecule has 0 fully saturated rings. The minimum Gasteiger partial charge on any atom is -0.495 e. The fourth-order valence-electron chi connectivity index (χ4n) is 4.76. The first-order valence-electron chi connectivity index (χ1n) is 11.5. The predicted molar refractivity (Wildman–Crippen MR) is 126 cm³/mol. The van der Waals surface area contributed by atoms with Crippen molar-refractivity contribution in [3.8, 4) is 0 Å². The standard InChI is InChI=1S/C25H26F2N6O2/c1-16-13-31(15-28-16)22-8-6-17(12-24(22)35-2)20-14-33(30-29-20)23-9-7-18-19(27)4-3-5-21(18)32(11-10-26)25(23)34/h3-5,8,12-15,17,23H,6-7,9-11H2,1-2H3. The molecule has 2 atom stereocenters. The van der Waals surface area contributed by atoms with Crippen LogP contribution in [0.25, 0.3) is 5.70 Å². The van der Waals surface area contributed by atoms with Crippen LogP contribution in [-0.4, -0.2) is 50.8 Å². The molecule has 2 unspecified atom stereocenters. The van der Waals surface area contributed by atoms with Crippen LogP contribution in [0.1, 0.15) is 41.8 Å². The van der Waals surface area contributed by atoms with Crippen LogP contribution in [0.15, 0.2) is 54.8 Å². The quantitative estimate of drug-likeness (QED) is 0.534. The van der Waals surface area contributed by atoms with Gasteiger partial charge in [0.15, 0.2) is 0 Å². The second kappa shape index (κ2) is 9.44. The number of allylic oxidation sites excluding steroid dienone is 3. The van der Waals surface area contributed by atoms with Crippen molar-refractivity contribution in [2.45, 2.75) is 38.1 Å². The molecule has 1 aromatic carbocycles. The van der Waals surface area contributed by atoms with Crippen LogP contribution in [0.2, 0.25) is 0 Å². The summed E-state index contributed by atoms with van der Waals surface area (Å²) >= 11 is 0. The Morgan fingerprint density at radius 2 is 2.11 bits per heavy atom. The van der Waals surface area contributed by atoms with Gasteiger partial charge in [-0.05, 0) is 44.4 Å². The van der Waals surface area contributed by atoms with E-state index in [-0.39, 0.29) is 18.4 Å². The molecule has 0 saturated heterocycles. The van der Waals surface area contributed by atoms with Gasteiger partial charge in [-0.15, -0.1) is 5.10 Å². The summed E-state index contributed by atoms with van der Waals surface area (Å²) in [7, 11) is 1.61. The summed E-state index contributed by atoms with van der Waals surface area (Å²) in [5.41, 5.74) is 3.34. The van der Waals surface area contributed by atoms with E-state index in [1.54, 1.807) is 25.7 Å². The molecule has 1 aliphatic heterocycles. The molecule has 0 radical (unpaired) electrons. The van der Waals surface area contributed by atoms with Crippen molar-refractivity contribution < 1.29 is 18.3 Å². The summed E-state index contributed by atoms with van der Waals surface area (Å²) in [4.78, 5) is 19.0. The minimum atomic E-state index is -0.727. The summed E-state index contributed by atoms with van der Waals surface area (Å²) in [5, 5.41) is 8.58. The van der Waals surface area contributed by atoms with E-state index in [0.29, 0.717) is 42.0 Å². The second-order valence-corrected chi connectivity index (χ2v) is 8.68. The van der Waals surface area contributed by atoms with Gasteiger partial charge >= 0.3 is 0 Å². The van der Waals surface area contributed by atoms with Crippen molar-refractivity contribution in [1.29, 1.82) is 0 Å². The smallest absolute Gasteiger partial charge is 0.252 e. The second-order valence-electron chi connectivity index (χ2n) is 8.68. The molecule has 2 aliphatic rings. The van der Waals surface area contributed by atoms with E-state index < -0.39 is 18.5 Å². The molecule has 182 valence electrons. The topological polar surface area (TPSA) is 78.1 Å². The van der Waals surface area contributed by atoms with Gasteiger partial charge in [0, 0.05) is 29.6 Å². The van der Waals surface area contributed by atoms with Gasteiger partial charge in [0.25, 0.3) is 5.91 Å². The van der Waals surface area contributed by atoms with Gasteiger partial charge in [-0.25, -0.2) is 18.4 Å². The molecule has 0 bridgehead atoms. The number of nitrogens with zero attached hydrogens (tertiary/aromatic N) is 6. The first kappa shape index (κ1) is 22.9. The highest BCUT2D eigenvalue weighted by molar-refractivity contribution is 5.97. The summed E-state index contributed by atoms with van der Waals surface area (Å²) in [6.45, 7) is 1.06. The average Bonchev–Trinajstić information content (AvgIpc) is 3.49. The van der Waals surface area contributed by atoms with E-state index in [2.05, 4.69) is 21.4 Å². The fourth-order valence-corrected chi connectivity index (χ4v) is 4.76. The number of carbonyl (C=O) groups is 1. The van der Waals surface area contributed by atoms with Crippen LogP contribution in [-0.2, 0) is 16.0 Å². The van der Waals surface area contributed by atoms with Crippen molar-refractivity contribution in [3.05, 3.63) is 77.6 Å². The monoisotopic (exact) mass is 480 g/mol. The molecule has 3 aromatic rings. The number of aromatic nitrogens is 5. The lowest BCUT2D eigenvalue weighted by Crippen LogP contribution is -2.38. The predicted octanol–water partition coefficient (Wildman–Crippen LogP) is 3.97. The summed E-state index contributed by atoms with van der Waals surface area (Å²) in [5.74, 6) is -0.115. The molecule has 5 rings (SSSR count). The highest BCUT2D eigenvalue weighted by Crippen LogP contribution is 2.35. The van der Waals surface area contributed by atoms with E-state index in [4.69, 9.17) is 4.74 Å². The van der Waals surface area contributed by atoms with Crippen molar-refractivity contribution >= 4 is 17.3 Å². The molecule has 1 amide bonds. The maximum absolute atomic E-state index is 14.5. The number of alkyl halides is 1. The lowest BCUT2D eigenvalue weighted by atomic mass is 9.95. The number of rotatable bonds is 6. The Bertz CT molecular complexity index is 1310. The number of imidazole rings is 1. The Kier molecular flexibility index (Phi) is 6.19. The van der Waals surface area contributed by atoms with Crippen LogP contribution in [0.5, 0.6) is 0 Å². The number of ether oxygens (including phenoxy) is 1. The van der Waals surface area contributed by atoms with Crippen molar-refractivity contribution in [2.24, 2.45) is 0 Å². The lowest BCUT2D eigenvalue weighted by molar-refractivity contribution is -0.122. The van der Waals surface area contributed by atoms with Gasteiger partial charge in [0.05, 0.1) is 37.1 Å². The molecule has 1 aliphatic carbocycles. The summed E-state index contributed by atoms with van der Waals surface area (Å²) in [6.07, 6.45) is 10.8. The van der Waals surface area contributed by atoms with Crippen molar-refractivity contribution in [3.63, 3.8) is 0 Å². The van der Waals surface area contributed by atoms with E-state index in [1.165, 1.54) is 21.7 Å². The first-order valence-corrected chi connectivity index (χ1v) is 11.5. The molecule has 35 heavy (non-hydrogen) atoms. The SMILES string of the molecule is COC1=CC(c2cn(C3CCc4c(F)cccc4N(CCF)C3=O)nn2)CC=C1n1cnc(C)c1. The van der Waals surface area contributed by atoms with Gasteiger partial charge in [-0.1, -0.05) is 17.4 Å². The van der Waals surface area contributed by atoms with Crippen molar-refractivity contribution in [2.75, 3.05) is 25.2 Å². The number of anilines is 1. The molecular weight excluding hydrogens is 454 g/mol. The van der Waals surface area contributed by atoms with Gasteiger partial charge in [-0.3, -0.25) is 4.79 Å². The molecule has 8 nitrogen and oxygen atoms in total. The van der Waals surface area contributed by atoms with Gasteiger partial charge in [0.1, 0.15) is 24.3 Å². The first-order chi connectivity index (χ1) is 17.0. The number of methoxy groups -OCH3 is 1. The zero-order valence-electron chi connectivity index (χ0n) is 19.6. The minimum absolute atomic E-state index is 0.0930. The number of fused-ring (bicyclic) bond motifs is 1. The Hall–Kier alpha value is -3.82. The largest absolute Gasteiger partial charge is 0.495 e. The molecular formula is C25H26F2N6O2. The Morgan fingerprint density at radius 1 is 1.26 bits per heavy atom. The average molecular weight is 481 g/mol. The van der Waals surface area contributed by atoms with Gasteiger partial charge in [-0.2, -0.15) is 0 Å². The number of benzene rings is 1. The van der Waals surface area contributed by atoms with Crippen LogP contribution < -0.4 is 4.90 Å². The van der Waals surface area contributed by atoms with E-state index in [1.807, 2.05) is 23.8 Å². The van der Waals surface area contributed by atoms with Gasteiger partial charge < -0.3 is 14.2 Å². The molecule has 2 aromatic heterocycles. The fraction of sp³-hybridized carbons (Fsp3) is 0.360. The highest BCUT2D eigenvalue weighted by atomic mass is 19.1. The molecule has 3 heterocycles. The van der Waals surface area contributed by atoms with Gasteiger partial charge in [0.2, 0.25) is 0 Å². The molecule has 10 heteroatoms. The maximum atomic E-state index is 14.5. The third-order valence-corrected chi connectivity index (χ3v) is 6.52. The molecule has 0 spiro atoms. The Balaban J connectivity index is 1.40. The van der Waals surface area contributed by atoms with E-state index in [9.17, 15) is 13.6 Å². The number of hydrogen-bond acceptors (Lipinski definition) is 5. The lowest BCUT2D eigenvalue weighted by Gasteiger charge is -2.24. The zero-order chi connectivity index (χ0) is 24.5. The zero-order valence-corrected chi connectivity index (χ0v) is 19.6. The molecule has 0 N–H and O–H groups in total. The highest BCUT2D eigenvalue weighted by Gasteiger charge is 2.34. The van der Waals surface area contributed by atoms with Crippen molar-refractivity contribution in [1.82, 2.24) is 24.5 Å². The third-order valence-electron chi connectivity index (χ3n) is 6.52. The normalized spacial score (nSPS) is 20.2. The number of halogens is 2.